The number of carbonyl (C=O) groups is 1. The summed E-state index contributed by atoms with van der Waals surface area (Å²) < 4.78 is 13.5. The fourth-order valence-electron chi connectivity index (χ4n) is 1.34. The van der Waals surface area contributed by atoms with E-state index in [9.17, 15) is 19.3 Å². The highest BCUT2D eigenvalue weighted by atomic mass is 19.1. The van der Waals surface area contributed by atoms with E-state index in [2.05, 4.69) is 0 Å². The van der Waals surface area contributed by atoms with E-state index >= 15 is 0 Å². The van der Waals surface area contributed by atoms with Crippen LogP contribution in [0.2, 0.25) is 0 Å². The van der Waals surface area contributed by atoms with Gasteiger partial charge in [0.1, 0.15) is 5.82 Å². The van der Waals surface area contributed by atoms with Crippen LogP contribution >= 0.6 is 0 Å². The first-order chi connectivity index (χ1) is 7.74. The van der Waals surface area contributed by atoms with Crippen LogP contribution in [0.15, 0.2) is 18.2 Å². The van der Waals surface area contributed by atoms with E-state index in [1.807, 2.05) is 0 Å². The highest BCUT2D eigenvalue weighted by Gasteiger charge is 2.28. The molecule has 0 aliphatic carbocycles. The largest absolute Gasteiger partial charge is 0.481 e. The van der Waals surface area contributed by atoms with Crippen LogP contribution in [0.1, 0.15) is 19.4 Å². The Morgan fingerprint density at radius 2 is 2.12 bits per heavy atom. The normalized spacial score (nSPS) is 11.2. The number of rotatable bonds is 4. The Bertz CT molecular complexity index is 471. The molecule has 0 saturated carbocycles. The number of carboxylic acids is 1. The second-order valence-electron chi connectivity index (χ2n) is 4.40. The van der Waals surface area contributed by atoms with Crippen LogP contribution in [-0.2, 0) is 11.2 Å². The van der Waals surface area contributed by atoms with Gasteiger partial charge in [0.15, 0.2) is 0 Å². The molecule has 0 heterocycles. The van der Waals surface area contributed by atoms with Crippen molar-refractivity contribution < 1.29 is 19.2 Å². The molecule has 1 rings (SSSR count). The summed E-state index contributed by atoms with van der Waals surface area (Å²) in [6.07, 6.45) is -0.0217. The molecule has 0 saturated heterocycles. The Hall–Kier alpha value is -1.98. The summed E-state index contributed by atoms with van der Waals surface area (Å²) in [5.41, 5.74) is -1.31. The van der Waals surface area contributed by atoms with Gasteiger partial charge in [-0.2, -0.15) is 0 Å². The van der Waals surface area contributed by atoms with E-state index in [-0.39, 0.29) is 17.7 Å². The third-order valence-corrected chi connectivity index (χ3v) is 2.46. The minimum atomic E-state index is -1.11. The van der Waals surface area contributed by atoms with E-state index in [4.69, 9.17) is 5.11 Å². The van der Waals surface area contributed by atoms with Crippen molar-refractivity contribution in [3.05, 3.63) is 39.7 Å². The van der Waals surface area contributed by atoms with Crippen LogP contribution in [-0.4, -0.2) is 16.0 Å². The van der Waals surface area contributed by atoms with Crippen LogP contribution in [0.5, 0.6) is 0 Å². The lowest BCUT2D eigenvalue weighted by molar-refractivity contribution is -0.385. The van der Waals surface area contributed by atoms with Gasteiger partial charge in [0.2, 0.25) is 0 Å². The van der Waals surface area contributed by atoms with E-state index < -0.39 is 22.1 Å². The molecule has 1 aromatic rings. The zero-order chi connectivity index (χ0) is 13.2. The van der Waals surface area contributed by atoms with Crippen molar-refractivity contribution in [3.8, 4) is 0 Å². The predicted molar refractivity (Wildman–Crippen MR) is 58.2 cm³/mol. The smallest absolute Gasteiger partial charge is 0.309 e. The summed E-state index contributed by atoms with van der Waals surface area (Å²) in [6, 6.07) is 3.21. The van der Waals surface area contributed by atoms with Crippen LogP contribution in [0.3, 0.4) is 0 Å². The third-order valence-electron chi connectivity index (χ3n) is 2.46. The van der Waals surface area contributed by atoms with Gasteiger partial charge in [-0.3, -0.25) is 14.9 Å². The fraction of sp³-hybridized carbons (Fsp3) is 0.364. The van der Waals surface area contributed by atoms with Gasteiger partial charge in [-0.05, 0) is 31.9 Å². The van der Waals surface area contributed by atoms with Gasteiger partial charge in [-0.15, -0.1) is 0 Å². The summed E-state index contributed by atoms with van der Waals surface area (Å²) in [5, 5.41) is 19.3. The molecule has 0 bridgehead atoms. The first-order valence-corrected chi connectivity index (χ1v) is 4.90. The number of halogens is 1. The lowest BCUT2D eigenvalue weighted by Gasteiger charge is -2.19. The number of nitro benzene ring substituents is 1. The second-order valence-corrected chi connectivity index (χ2v) is 4.40. The molecule has 0 aromatic heterocycles. The standard InChI is InChI=1S/C11H12FNO4/c1-11(2,10(14)15)6-7-3-4-8(13(16)17)5-9(7)12/h3-5H,6H2,1-2H3,(H,14,15). The van der Waals surface area contributed by atoms with Crippen LogP contribution < -0.4 is 0 Å². The number of benzene rings is 1. The van der Waals surface area contributed by atoms with Gasteiger partial charge in [-0.1, -0.05) is 0 Å². The summed E-state index contributed by atoms with van der Waals surface area (Å²) in [5.74, 6) is -1.80. The Morgan fingerprint density at radius 1 is 1.53 bits per heavy atom. The lowest BCUT2D eigenvalue weighted by atomic mass is 9.86. The van der Waals surface area contributed by atoms with E-state index in [0.29, 0.717) is 0 Å². The number of hydrogen-bond acceptors (Lipinski definition) is 3. The molecule has 0 spiro atoms. The van der Waals surface area contributed by atoms with Crippen LogP contribution in [0, 0.1) is 21.3 Å². The number of nitrogens with zero attached hydrogens (tertiary/aromatic N) is 1. The second kappa shape index (κ2) is 4.48. The highest BCUT2D eigenvalue weighted by Crippen LogP contribution is 2.25. The molecule has 0 aliphatic rings. The molecule has 1 aromatic carbocycles. The molecule has 0 unspecified atom stereocenters. The Balaban J connectivity index is 3.02. The first kappa shape index (κ1) is 13.1. The molecule has 0 atom stereocenters. The number of non-ortho nitro benzene ring substituents is 1. The maximum atomic E-state index is 13.5. The molecular formula is C11H12FNO4. The molecule has 0 amide bonds. The molecule has 17 heavy (non-hydrogen) atoms. The molecule has 1 N–H and O–H groups in total. The van der Waals surface area contributed by atoms with Crippen molar-refractivity contribution in [2.75, 3.05) is 0 Å². The van der Waals surface area contributed by atoms with Crippen molar-refractivity contribution in [2.45, 2.75) is 20.3 Å². The highest BCUT2D eigenvalue weighted by molar-refractivity contribution is 5.74. The minimum Gasteiger partial charge on any atom is -0.481 e. The average Bonchev–Trinajstić information content (AvgIpc) is 2.20. The minimum absolute atomic E-state index is 0.0217. The van der Waals surface area contributed by atoms with Gasteiger partial charge in [-0.25, -0.2) is 4.39 Å². The molecule has 6 heteroatoms. The molecule has 0 fully saturated rings. The fourth-order valence-corrected chi connectivity index (χ4v) is 1.34. The summed E-state index contributed by atoms with van der Waals surface area (Å²) in [7, 11) is 0. The molecule has 0 aliphatic heterocycles. The van der Waals surface area contributed by atoms with Gasteiger partial charge in [0, 0.05) is 6.07 Å². The van der Waals surface area contributed by atoms with Crippen molar-refractivity contribution in [1.29, 1.82) is 0 Å². The Morgan fingerprint density at radius 3 is 2.53 bits per heavy atom. The first-order valence-electron chi connectivity index (χ1n) is 4.90. The van der Waals surface area contributed by atoms with Gasteiger partial charge in [0.25, 0.3) is 5.69 Å². The van der Waals surface area contributed by atoms with Crippen LogP contribution in [0.4, 0.5) is 10.1 Å². The number of aliphatic carboxylic acids is 1. The van der Waals surface area contributed by atoms with Crippen molar-refractivity contribution in [2.24, 2.45) is 5.41 Å². The van der Waals surface area contributed by atoms with Gasteiger partial charge in [0.05, 0.1) is 16.4 Å². The van der Waals surface area contributed by atoms with Gasteiger partial charge >= 0.3 is 5.97 Å². The molecular weight excluding hydrogens is 229 g/mol. The topological polar surface area (TPSA) is 80.4 Å². The zero-order valence-corrected chi connectivity index (χ0v) is 9.44. The van der Waals surface area contributed by atoms with E-state index in [1.165, 1.54) is 19.9 Å². The van der Waals surface area contributed by atoms with Crippen LogP contribution in [0.25, 0.3) is 0 Å². The summed E-state index contributed by atoms with van der Waals surface area (Å²) >= 11 is 0. The number of carboxylic acid groups (broad SMARTS) is 1. The number of hydrogen-bond donors (Lipinski definition) is 1. The van der Waals surface area contributed by atoms with Crippen molar-refractivity contribution in [3.63, 3.8) is 0 Å². The quantitative estimate of drug-likeness (QED) is 0.648. The van der Waals surface area contributed by atoms with E-state index in [1.54, 1.807) is 0 Å². The third kappa shape index (κ3) is 2.99. The van der Waals surface area contributed by atoms with E-state index in [0.717, 1.165) is 12.1 Å². The maximum Gasteiger partial charge on any atom is 0.309 e. The maximum absolute atomic E-state index is 13.5. The monoisotopic (exact) mass is 241 g/mol. The average molecular weight is 241 g/mol. The zero-order valence-electron chi connectivity index (χ0n) is 9.44. The summed E-state index contributed by atoms with van der Waals surface area (Å²) in [4.78, 5) is 20.6. The molecule has 5 nitrogen and oxygen atoms in total. The molecule has 92 valence electrons. The predicted octanol–water partition coefficient (Wildman–Crippen LogP) is 2.39. The Kier molecular flexibility index (Phi) is 3.45. The van der Waals surface area contributed by atoms with Crippen molar-refractivity contribution in [1.82, 2.24) is 0 Å². The van der Waals surface area contributed by atoms with Crippen molar-refractivity contribution >= 4 is 11.7 Å². The lowest BCUT2D eigenvalue weighted by Crippen LogP contribution is -2.26. The SMILES string of the molecule is CC(C)(Cc1ccc([N+](=O)[O-])cc1F)C(=O)O. The number of nitro groups is 1. The molecule has 0 radical (unpaired) electrons. The van der Waals surface area contributed by atoms with Gasteiger partial charge < -0.3 is 5.11 Å². The summed E-state index contributed by atoms with van der Waals surface area (Å²) in [6.45, 7) is 2.94. The Labute approximate surface area is 97.0 Å².